The molecule has 1 aromatic carbocycles. The third-order valence-electron chi connectivity index (χ3n) is 4.53. The monoisotopic (exact) mass is 304 g/mol. The molecule has 5 nitrogen and oxygen atoms in total. The van der Waals surface area contributed by atoms with Crippen LogP contribution >= 0.6 is 0 Å². The molecule has 0 amide bonds. The van der Waals surface area contributed by atoms with Gasteiger partial charge in [-0.1, -0.05) is 6.07 Å². The molecule has 1 saturated carbocycles. The van der Waals surface area contributed by atoms with E-state index >= 15 is 0 Å². The molecule has 22 heavy (non-hydrogen) atoms. The van der Waals surface area contributed by atoms with Crippen molar-refractivity contribution < 1.29 is 14.6 Å². The summed E-state index contributed by atoms with van der Waals surface area (Å²) < 4.78 is 5.54. The molecular weight excluding hydrogens is 280 g/mol. The number of benzene rings is 1. The molecule has 2 aliphatic rings. The number of carboxylic acids is 1. The number of aliphatic carboxylic acids is 1. The number of methoxy groups -OCH3 is 1. The Morgan fingerprint density at radius 2 is 2.23 bits per heavy atom. The molecule has 1 aliphatic heterocycles. The smallest absolute Gasteiger partial charge is 0.308 e. The van der Waals surface area contributed by atoms with E-state index in [1.165, 1.54) is 18.4 Å². The van der Waals surface area contributed by atoms with Crippen molar-refractivity contribution in [3.05, 3.63) is 23.8 Å². The molecule has 0 spiro atoms. The van der Waals surface area contributed by atoms with Gasteiger partial charge in [-0.15, -0.1) is 0 Å². The summed E-state index contributed by atoms with van der Waals surface area (Å²) in [7, 11) is 1.68. The van der Waals surface area contributed by atoms with Crippen LogP contribution in [0.15, 0.2) is 18.2 Å². The standard InChI is InChI=1S/C17H24N2O3/c1-22-16-9-12(10-18-14-5-6-14)4-7-15(16)19-8-2-3-13(11-19)17(20)21/h4,7,9,13-14,18H,2-3,5-6,8,10-11H2,1H3,(H,20,21). The molecule has 1 atom stereocenters. The summed E-state index contributed by atoms with van der Waals surface area (Å²) in [6.07, 6.45) is 4.22. The van der Waals surface area contributed by atoms with Gasteiger partial charge in [0.2, 0.25) is 0 Å². The Bertz CT molecular complexity index is 543. The number of nitrogens with zero attached hydrogens (tertiary/aromatic N) is 1. The molecule has 1 unspecified atom stereocenters. The normalized spacial score (nSPS) is 21.7. The first-order valence-corrected chi connectivity index (χ1v) is 8.05. The topological polar surface area (TPSA) is 61.8 Å². The minimum atomic E-state index is -0.700. The van der Waals surface area contributed by atoms with Crippen molar-refractivity contribution in [3.63, 3.8) is 0 Å². The summed E-state index contributed by atoms with van der Waals surface area (Å²) in [4.78, 5) is 13.4. The van der Waals surface area contributed by atoms with Gasteiger partial charge in [0.15, 0.2) is 0 Å². The number of ether oxygens (including phenoxy) is 1. The minimum absolute atomic E-state index is 0.283. The maximum atomic E-state index is 11.2. The molecule has 0 bridgehead atoms. The summed E-state index contributed by atoms with van der Waals surface area (Å²) in [5, 5.41) is 12.7. The van der Waals surface area contributed by atoms with E-state index in [2.05, 4.69) is 28.4 Å². The summed E-state index contributed by atoms with van der Waals surface area (Å²) in [6, 6.07) is 6.92. The predicted molar refractivity (Wildman–Crippen MR) is 85.4 cm³/mol. The van der Waals surface area contributed by atoms with E-state index in [4.69, 9.17) is 4.74 Å². The number of carboxylic acid groups (broad SMARTS) is 1. The largest absolute Gasteiger partial charge is 0.495 e. The highest BCUT2D eigenvalue weighted by molar-refractivity contribution is 5.72. The maximum absolute atomic E-state index is 11.2. The summed E-state index contributed by atoms with van der Waals surface area (Å²) in [6.45, 7) is 2.31. The Balaban J connectivity index is 1.72. The van der Waals surface area contributed by atoms with Crippen LogP contribution in [0.1, 0.15) is 31.2 Å². The van der Waals surface area contributed by atoms with Crippen LogP contribution in [0.4, 0.5) is 5.69 Å². The van der Waals surface area contributed by atoms with E-state index in [-0.39, 0.29) is 5.92 Å². The van der Waals surface area contributed by atoms with Crippen LogP contribution in [-0.4, -0.2) is 37.3 Å². The zero-order valence-electron chi connectivity index (χ0n) is 13.0. The van der Waals surface area contributed by atoms with Gasteiger partial charge < -0.3 is 20.1 Å². The quantitative estimate of drug-likeness (QED) is 0.844. The zero-order chi connectivity index (χ0) is 15.5. The summed E-state index contributed by atoms with van der Waals surface area (Å²) in [5.41, 5.74) is 2.21. The van der Waals surface area contributed by atoms with Crippen LogP contribution in [-0.2, 0) is 11.3 Å². The zero-order valence-corrected chi connectivity index (χ0v) is 13.0. The molecule has 3 rings (SSSR count). The molecule has 1 heterocycles. The van der Waals surface area contributed by atoms with Crippen LogP contribution in [0, 0.1) is 5.92 Å². The van der Waals surface area contributed by atoms with Crippen LogP contribution in [0.5, 0.6) is 5.75 Å². The predicted octanol–water partition coefficient (Wildman–Crippen LogP) is 2.25. The van der Waals surface area contributed by atoms with E-state index in [0.717, 1.165) is 37.4 Å². The number of carbonyl (C=O) groups is 1. The van der Waals surface area contributed by atoms with Crippen LogP contribution < -0.4 is 15.0 Å². The average molecular weight is 304 g/mol. The Morgan fingerprint density at radius 3 is 2.91 bits per heavy atom. The molecular formula is C17H24N2O3. The first kappa shape index (κ1) is 15.2. The SMILES string of the molecule is COc1cc(CNC2CC2)ccc1N1CCCC(C(=O)O)C1. The second-order valence-electron chi connectivity index (χ2n) is 6.28. The molecule has 1 aromatic rings. The molecule has 1 saturated heterocycles. The Labute approximate surface area is 131 Å². The van der Waals surface area contributed by atoms with E-state index in [0.29, 0.717) is 12.6 Å². The average Bonchev–Trinajstić information content (AvgIpc) is 3.37. The van der Waals surface area contributed by atoms with Gasteiger partial charge in [-0.3, -0.25) is 4.79 Å². The third kappa shape index (κ3) is 3.53. The van der Waals surface area contributed by atoms with Crippen molar-refractivity contribution in [1.29, 1.82) is 0 Å². The van der Waals surface area contributed by atoms with E-state index in [1.807, 2.05) is 0 Å². The molecule has 120 valence electrons. The number of anilines is 1. The van der Waals surface area contributed by atoms with Gasteiger partial charge in [-0.2, -0.15) is 0 Å². The lowest BCUT2D eigenvalue weighted by Gasteiger charge is -2.33. The maximum Gasteiger partial charge on any atom is 0.308 e. The Hall–Kier alpha value is -1.75. The Kier molecular flexibility index (Phi) is 4.52. The van der Waals surface area contributed by atoms with Crippen LogP contribution in [0.2, 0.25) is 0 Å². The third-order valence-corrected chi connectivity index (χ3v) is 4.53. The summed E-state index contributed by atoms with van der Waals surface area (Å²) in [5.74, 6) is -0.148. The van der Waals surface area contributed by atoms with Crippen molar-refractivity contribution in [2.75, 3.05) is 25.1 Å². The van der Waals surface area contributed by atoms with Gasteiger partial charge in [0.05, 0.1) is 18.7 Å². The molecule has 2 N–H and O–H groups in total. The number of hydrogen-bond donors (Lipinski definition) is 2. The van der Waals surface area contributed by atoms with Crippen molar-refractivity contribution in [2.45, 2.75) is 38.3 Å². The number of rotatable bonds is 6. The fourth-order valence-corrected chi connectivity index (χ4v) is 3.04. The van der Waals surface area contributed by atoms with Gasteiger partial charge in [0.1, 0.15) is 5.75 Å². The van der Waals surface area contributed by atoms with Crippen molar-refractivity contribution >= 4 is 11.7 Å². The first-order chi connectivity index (χ1) is 10.7. The van der Waals surface area contributed by atoms with Gasteiger partial charge in [0, 0.05) is 25.7 Å². The lowest BCUT2D eigenvalue weighted by atomic mass is 9.97. The van der Waals surface area contributed by atoms with E-state index < -0.39 is 5.97 Å². The van der Waals surface area contributed by atoms with Crippen molar-refractivity contribution in [1.82, 2.24) is 5.32 Å². The molecule has 2 fully saturated rings. The van der Waals surface area contributed by atoms with E-state index in [1.54, 1.807) is 7.11 Å². The highest BCUT2D eigenvalue weighted by Crippen LogP contribution is 2.33. The lowest BCUT2D eigenvalue weighted by Crippen LogP contribution is -2.38. The highest BCUT2D eigenvalue weighted by Gasteiger charge is 2.27. The number of nitrogens with one attached hydrogen (secondary N) is 1. The highest BCUT2D eigenvalue weighted by atomic mass is 16.5. The number of piperidine rings is 1. The van der Waals surface area contributed by atoms with Crippen LogP contribution in [0.3, 0.4) is 0 Å². The van der Waals surface area contributed by atoms with Crippen LogP contribution in [0.25, 0.3) is 0 Å². The minimum Gasteiger partial charge on any atom is -0.495 e. The fraction of sp³-hybridized carbons (Fsp3) is 0.588. The molecule has 1 aliphatic carbocycles. The second-order valence-corrected chi connectivity index (χ2v) is 6.28. The van der Waals surface area contributed by atoms with E-state index in [9.17, 15) is 9.90 Å². The second kappa shape index (κ2) is 6.57. The van der Waals surface area contributed by atoms with Gasteiger partial charge in [-0.05, 0) is 43.4 Å². The van der Waals surface area contributed by atoms with Gasteiger partial charge >= 0.3 is 5.97 Å². The molecule has 0 aromatic heterocycles. The lowest BCUT2D eigenvalue weighted by molar-refractivity contribution is -0.141. The first-order valence-electron chi connectivity index (χ1n) is 8.05. The molecule has 5 heteroatoms. The molecule has 0 radical (unpaired) electrons. The fourth-order valence-electron chi connectivity index (χ4n) is 3.04. The summed E-state index contributed by atoms with van der Waals surface area (Å²) >= 11 is 0. The van der Waals surface area contributed by atoms with Crippen molar-refractivity contribution in [2.24, 2.45) is 5.92 Å². The van der Waals surface area contributed by atoms with Gasteiger partial charge in [-0.25, -0.2) is 0 Å². The Morgan fingerprint density at radius 1 is 1.41 bits per heavy atom. The number of hydrogen-bond acceptors (Lipinski definition) is 4. The van der Waals surface area contributed by atoms with Crippen molar-refractivity contribution in [3.8, 4) is 5.75 Å². The van der Waals surface area contributed by atoms with Gasteiger partial charge in [0.25, 0.3) is 0 Å².